The number of hydrogen-bond acceptors (Lipinski definition) is 3. The average Bonchev–Trinajstić information content (AvgIpc) is 2.90. The van der Waals surface area contributed by atoms with E-state index >= 15 is 0 Å². The first-order valence-electron chi connectivity index (χ1n) is 5.55. The highest BCUT2D eigenvalue weighted by Crippen LogP contribution is 2.13. The van der Waals surface area contributed by atoms with E-state index in [1.807, 2.05) is 37.3 Å². The lowest BCUT2D eigenvalue weighted by atomic mass is 10.1. The lowest BCUT2D eigenvalue weighted by Crippen LogP contribution is -2.17. The minimum atomic E-state index is 0.163. The molecule has 1 aromatic carbocycles. The van der Waals surface area contributed by atoms with E-state index in [4.69, 9.17) is 9.68 Å². The molecular weight excluding hydrogens is 212 g/mol. The topological polar surface area (TPSA) is 49.0 Å². The summed E-state index contributed by atoms with van der Waals surface area (Å²) in [5.41, 5.74) is 1.79. The zero-order valence-corrected chi connectivity index (χ0v) is 9.68. The Morgan fingerprint density at radius 1 is 1.35 bits per heavy atom. The SMILES string of the molecule is C[C@H](NCc1cccc(C#N)c1)c1ccco1. The van der Waals surface area contributed by atoms with Crippen molar-refractivity contribution in [3.63, 3.8) is 0 Å². The van der Waals surface area contributed by atoms with Crippen molar-refractivity contribution in [2.75, 3.05) is 0 Å². The molecule has 0 aliphatic carbocycles. The first-order chi connectivity index (χ1) is 8.29. The van der Waals surface area contributed by atoms with Gasteiger partial charge in [-0.25, -0.2) is 0 Å². The number of hydrogen-bond donors (Lipinski definition) is 1. The molecule has 0 saturated carbocycles. The monoisotopic (exact) mass is 226 g/mol. The summed E-state index contributed by atoms with van der Waals surface area (Å²) in [4.78, 5) is 0. The summed E-state index contributed by atoms with van der Waals surface area (Å²) >= 11 is 0. The van der Waals surface area contributed by atoms with E-state index in [1.54, 1.807) is 12.3 Å². The van der Waals surface area contributed by atoms with E-state index in [9.17, 15) is 0 Å². The second kappa shape index (κ2) is 5.33. The van der Waals surface area contributed by atoms with E-state index in [0.29, 0.717) is 5.56 Å². The Hall–Kier alpha value is -2.05. The first-order valence-corrected chi connectivity index (χ1v) is 5.55. The summed E-state index contributed by atoms with van der Waals surface area (Å²) < 4.78 is 5.31. The molecule has 0 bridgehead atoms. The van der Waals surface area contributed by atoms with Crippen molar-refractivity contribution in [2.45, 2.75) is 19.5 Å². The van der Waals surface area contributed by atoms with Gasteiger partial charge in [0.2, 0.25) is 0 Å². The molecule has 0 fully saturated rings. The molecule has 2 aromatic rings. The van der Waals surface area contributed by atoms with Gasteiger partial charge in [-0.3, -0.25) is 0 Å². The Labute approximate surface area is 101 Å². The Morgan fingerprint density at radius 3 is 2.94 bits per heavy atom. The molecule has 2 rings (SSSR count). The van der Waals surface area contributed by atoms with Gasteiger partial charge < -0.3 is 9.73 Å². The minimum Gasteiger partial charge on any atom is -0.468 e. The van der Waals surface area contributed by atoms with Crippen LogP contribution in [0.2, 0.25) is 0 Å². The van der Waals surface area contributed by atoms with Crippen LogP contribution < -0.4 is 5.32 Å². The number of nitrogens with zero attached hydrogens (tertiary/aromatic N) is 1. The van der Waals surface area contributed by atoms with Crippen LogP contribution in [0, 0.1) is 11.3 Å². The molecule has 1 heterocycles. The van der Waals surface area contributed by atoms with Gasteiger partial charge in [0, 0.05) is 6.54 Å². The van der Waals surface area contributed by atoms with Crippen molar-refractivity contribution in [3.8, 4) is 6.07 Å². The van der Waals surface area contributed by atoms with Crippen molar-refractivity contribution in [1.29, 1.82) is 5.26 Å². The Morgan fingerprint density at radius 2 is 2.24 bits per heavy atom. The number of benzene rings is 1. The zero-order valence-electron chi connectivity index (χ0n) is 9.68. The minimum absolute atomic E-state index is 0.163. The smallest absolute Gasteiger partial charge is 0.120 e. The molecule has 0 radical (unpaired) electrons. The highest BCUT2D eigenvalue weighted by atomic mass is 16.3. The Balaban J connectivity index is 1.96. The molecule has 0 spiro atoms. The maximum atomic E-state index is 8.80. The van der Waals surface area contributed by atoms with Crippen LogP contribution in [-0.2, 0) is 6.54 Å². The quantitative estimate of drug-likeness (QED) is 0.871. The molecule has 1 aromatic heterocycles. The van der Waals surface area contributed by atoms with E-state index < -0.39 is 0 Å². The largest absolute Gasteiger partial charge is 0.468 e. The third kappa shape index (κ3) is 2.96. The molecule has 0 amide bonds. The lowest BCUT2D eigenvalue weighted by Gasteiger charge is -2.11. The predicted octanol–water partition coefficient (Wildman–Crippen LogP) is 3.00. The van der Waals surface area contributed by atoms with Crippen molar-refractivity contribution < 1.29 is 4.42 Å². The maximum Gasteiger partial charge on any atom is 0.120 e. The van der Waals surface area contributed by atoms with Gasteiger partial charge in [0.25, 0.3) is 0 Å². The fourth-order valence-corrected chi connectivity index (χ4v) is 1.66. The Bertz CT molecular complexity index is 511. The van der Waals surface area contributed by atoms with Gasteiger partial charge in [-0.1, -0.05) is 12.1 Å². The second-order valence-electron chi connectivity index (χ2n) is 3.93. The van der Waals surface area contributed by atoms with Gasteiger partial charge in [-0.05, 0) is 36.8 Å². The summed E-state index contributed by atoms with van der Waals surface area (Å²) in [5.74, 6) is 0.918. The van der Waals surface area contributed by atoms with Gasteiger partial charge in [0.1, 0.15) is 5.76 Å². The number of rotatable bonds is 4. The fourth-order valence-electron chi connectivity index (χ4n) is 1.66. The van der Waals surface area contributed by atoms with E-state index in [0.717, 1.165) is 17.9 Å². The highest BCUT2D eigenvalue weighted by Gasteiger charge is 2.06. The van der Waals surface area contributed by atoms with Crippen LogP contribution >= 0.6 is 0 Å². The van der Waals surface area contributed by atoms with Gasteiger partial charge >= 0.3 is 0 Å². The number of nitriles is 1. The molecule has 3 nitrogen and oxygen atoms in total. The predicted molar refractivity (Wildman–Crippen MR) is 65.1 cm³/mol. The molecule has 1 N–H and O–H groups in total. The number of furan rings is 1. The summed E-state index contributed by atoms with van der Waals surface area (Å²) in [7, 11) is 0. The molecule has 0 aliphatic rings. The highest BCUT2D eigenvalue weighted by molar-refractivity contribution is 5.32. The van der Waals surface area contributed by atoms with Crippen LogP contribution in [0.3, 0.4) is 0 Å². The second-order valence-corrected chi connectivity index (χ2v) is 3.93. The zero-order chi connectivity index (χ0) is 12.1. The molecule has 0 saturated heterocycles. The van der Waals surface area contributed by atoms with Crippen molar-refractivity contribution in [1.82, 2.24) is 5.32 Å². The van der Waals surface area contributed by atoms with Gasteiger partial charge in [0.15, 0.2) is 0 Å². The maximum absolute atomic E-state index is 8.80. The fraction of sp³-hybridized carbons (Fsp3) is 0.214. The van der Waals surface area contributed by atoms with Gasteiger partial charge in [-0.2, -0.15) is 5.26 Å². The molecule has 3 heteroatoms. The summed E-state index contributed by atoms with van der Waals surface area (Å²) in [6.07, 6.45) is 1.67. The van der Waals surface area contributed by atoms with Crippen molar-refractivity contribution in [3.05, 3.63) is 59.5 Å². The van der Waals surface area contributed by atoms with Crippen LogP contribution in [0.1, 0.15) is 29.9 Å². The lowest BCUT2D eigenvalue weighted by molar-refractivity contribution is 0.430. The normalized spacial score (nSPS) is 12.0. The molecular formula is C14H14N2O. The van der Waals surface area contributed by atoms with Crippen molar-refractivity contribution in [2.24, 2.45) is 0 Å². The van der Waals surface area contributed by atoms with Crippen LogP contribution in [0.25, 0.3) is 0 Å². The van der Waals surface area contributed by atoms with E-state index in [-0.39, 0.29) is 6.04 Å². The van der Waals surface area contributed by atoms with Crippen molar-refractivity contribution >= 4 is 0 Å². The Kier molecular flexibility index (Phi) is 3.59. The van der Waals surface area contributed by atoms with Gasteiger partial charge in [0.05, 0.1) is 23.9 Å². The summed E-state index contributed by atoms with van der Waals surface area (Å²) in [6.45, 7) is 2.77. The van der Waals surface area contributed by atoms with Crippen LogP contribution in [0.4, 0.5) is 0 Å². The van der Waals surface area contributed by atoms with E-state index in [2.05, 4.69) is 11.4 Å². The third-order valence-electron chi connectivity index (χ3n) is 2.64. The average molecular weight is 226 g/mol. The number of nitrogens with one attached hydrogen (secondary N) is 1. The van der Waals surface area contributed by atoms with Crippen LogP contribution in [0.15, 0.2) is 47.1 Å². The molecule has 17 heavy (non-hydrogen) atoms. The summed E-state index contributed by atoms with van der Waals surface area (Å²) in [5, 5.41) is 12.2. The van der Waals surface area contributed by atoms with Crippen LogP contribution in [0.5, 0.6) is 0 Å². The molecule has 1 atom stereocenters. The third-order valence-corrected chi connectivity index (χ3v) is 2.64. The standard InChI is InChI=1S/C14H14N2O/c1-11(14-6-3-7-17-14)16-10-13-5-2-4-12(8-13)9-15/h2-8,11,16H,10H2,1H3/t11-/m0/s1. The van der Waals surface area contributed by atoms with E-state index in [1.165, 1.54) is 0 Å². The molecule has 0 aliphatic heterocycles. The first kappa shape index (κ1) is 11.4. The van der Waals surface area contributed by atoms with Gasteiger partial charge in [-0.15, -0.1) is 0 Å². The molecule has 86 valence electrons. The van der Waals surface area contributed by atoms with Crippen LogP contribution in [-0.4, -0.2) is 0 Å². The molecule has 0 unspecified atom stereocenters. The summed E-state index contributed by atoms with van der Waals surface area (Å²) in [6, 6.07) is 13.7.